The van der Waals surface area contributed by atoms with Gasteiger partial charge in [0.15, 0.2) is 0 Å². The number of ether oxygens (including phenoxy) is 1. The highest BCUT2D eigenvalue weighted by Crippen LogP contribution is 2.12. The van der Waals surface area contributed by atoms with E-state index in [-0.39, 0.29) is 5.82 Å². The summed E-state index contributed by atoms with van der Waals surface area (Å²) in [6, 6.07) is 4.97. The van der Waals surface area contributed by atoms with Crippen molar-refractivity contribution in [1.82, 2.24) is 0 Å². The van der Waals surface area contributed by atoms with Gasteiger partial charge >= 0.3 is 0 Å². The summed E-state index contributed by atoms with van der Waals surface area (Å²) in [5.74, 6) is -0.169. The van der Waals surface area contributed by atoms with Crippen molar-refractivity contribution in [3.8, 4) is 0 Å². The topological polar surface area (TPSA) is 21.3 Å². The maximum Gasteiger partial charge on any atom is 0.126 e. The van der Waals surface area contributed by atoms with Gasteiger partial charge in [-0.3, -0.25) is 0 Å². The van der Waals surface area contributed by atoms with Crippen LogP contribution in [0.15, 0.2) is 18.2 Å². The zero-order chi connectivity index (χ0) is 9.68. The molecule has 72 valence electrons. The number of rotatable bonds is 4. The number of hydrogen-bond acceptors (Lipinski definition) is 2. The van der Waals surface area contributed by atoms with Crippen LogP contribution in [0.3, 0.4) is 0 Å². The SMILES string of the molecule is COCCNc1ccc(F)c(C)c1. The van der Waals surface area contributed by atoms with Crippen LogP contribution < -0.4 is 5.32 Å². The predicted molar refractivity (Wildman–Crippen MR) is 51.5 cm³/mol. The third-order valence-electron chi connectivity index (χ3n) is 1.79. The summed E-state index contributed by atoms with van der Waals surface area (Å²) >= 11 is 0. The third-order valence-corrected chi connectivity index (χ3v) is 1.79. The Bertz CT molecular complexity index is 276. The summed E-state index contributed by atoms with van der Waals surface area (Å²) in [6.45, 7) is 3.13. The van der Waals surface area contributed by atoms with Crippen LogP contribution in [-0.2, 0) is 4.74 Å². The van der Waals surface area contributed by atoms with Crippen molar-refractivity contribution >= 4 is 5.69 Å². The van der Waals surface area contributed by atoms with Crippen molar-refractivity contribution in [2.24, 2.45) is 0 Å². The minimum atomic E-state index is -0.169. The zero-order valence-electron chi connectivity index (χ0n) is 7.93. The van der Waals surface area contributed by atoms with Crippen molar-refractivity contribution in [2.75, 3.05) is 25.6 Å². The van der Waals surface area contributed by atoms with Crippen LogP contribution in [0, 0.1) is 12.7 Å². The van der Waals surface area contributed by atoms with Gasteiger partial charge in [-0.1, -0.05) is 0 Å². The predicted octanol–water partition coefficient (Wildman–Crippen LogP) is 2.19. The molecule has 2 nitrogen and oxygen atoms in total. The summed E-state index contributed by atoms with van der Waals surface area (Å²) in [4.78, 5) is 0. The van der Waals surface area contributed by atoms with Gasteiger partial charge in [0, 0.05) is 19.3 Å². The van der Waals surface area contributed by atoms with E-state index in [0.717, 1.165) is 12.2 Å². The molecule has 1 aromatic rings. The minimum Gasteiger partial charge on any atom is -0.383 e. The van der Waals surface area contributed by atoms with Gasteiger partial charge in [-0.2, -0.15) is 0 Å². The van der Waals surface area contributed by atoms with Crippen molar-refractivity contribution in [1.29, 1.82) is 0 Å². The number of anilines is 1. The largest absolute Gasteiger partial charge is 0.383 e. The van der Waals surface area contributed by atoms with Gasteiger partial charge in [0.25, 0.3) is 0 Å². The minimum absolute atomic E-state index is 0.169. The van der Waals surface area contributed by atoms with Gasteiger partial charge in [0.1, 0.15) is 5.82 Å². The highest BCUT2D eigenvalue weighted by atomic mass is 19.1. The second-order valence-corrected chi connectivity index (χ2v) is 2.88. The van der Waals surface area contributed by atoms with Crippen LogP contribution in [0.4, 0.5) is 10.1 Å². The van der Waals surface area contributed by atoms with E-state index in [1.807, 2.05) is 0 Å². The lowest BCUT2D eigenvalue weighted by molar-refractivity contribution is 0.211. The molecule has 0 saturated carbocycles. The molecular formula is C10H14FNO. The van der Waals surface area contributed by atoms with E-state index >= 15 is 0 Å². The highest BCUT2D eigenvalue weighted by molar-refractivity contribution is 5.45. The van der Waals surface area contributed by atoms with Crippen LogP contribution in [0.2, 0.25) is 0 Å². The van der Waals surface area contributed by atoms with Gasteiger partial charge in [0.05, 0.1) is 6.61 Å². The molecule has 0 heterocycles. The first kappa shape index (κ1) is 9.99. The molecule has 0 aromatic heterocycles. The molecule has 13 heavy (non-hydrogen) atoms. The fourth-order valence-electron chi connectivity index (χ4n) is 1.05. The summed E-state index contributed by atoms with van der Waals surface area (Å²) in [5.41, 5.74) is 1.58. The van der Waals surface area contributed by atoms with E-state index in [0.29, 0.717) is 12.2 Å². The van der Waals surface area contributed by atoms with E-state index in [9.17, 15) is 4.39 Å². The van der Waals surface area contributed by atoms with Crippen LogP contribution in [0.5, 0.6) is 0 Å². The Morgan fingerprint density at radius 1 is 1.46 bits per heavy atom. The molecule has 1 rings (SSSR count). The summed E-state index contributed by atoms with van der Waals surface area (Å²) in [5, 5.41) is 3.12. The monoisotopic (exact) mass is 183 g/mol. The second kappa shape index (κ2) is 4.82. The molecular weight excluding hydrogens is 169 g/mol. The Morgan fingerprint density at radius 3 is 2.85 bits per heavy atom. The lowest BCUT2D eigenvalue weighted by Gasteiger charge is -2.06. The van der Waals surface area contributed by atoms with E-state index in [2.05, 4.69) is 5.32 Å². The lowest BCUT2D eigenvalue weighted by Crippen LogP contribution is -2.07. The molecule has 0 aliphatic rings. The fourth-order valence-corrected chi connectivity index (χ4v) is 1.05. The molecule has 1 N–H and O–H groups in total. The fraction of sp³-hybridized carbons (Fsp3) is 0.400. The van der Waals surface area contributed by atoms with Crippen LogP contribution in [-0.4, -0.2) is 20.3 Å². The molecule has 0 amide bonds. The molecule has 0 radical (unpaired) electrons. The summed E-state index contributed by atoms with van der Waals surface area (Å²) < 4.78 is 17.7. The average Bonchev–Trinajstić information content (AvgIpc) is 2.12. The van der Waals surface area contributed by atoms with E-state index in [1.165, 1.54) is 6.07 Å². The normalized spacial score (nSPS) is 10.1. The Labute approximate surface area is 77.7 Å². The molecule has 0 spiro atoms. The number of benzene rings is 1. The van der Waals surface area contributed by atoms with Crippen molar-refractivity contribution in [2.45, 2.75) is 6.92 Å². The first-order valence-electron chi connectivity index (χ1n) is 4.23. The maximum atomic E-state index is 12.8. The zero-order valence-corrected chi connectivity index (χ0v) is 7.93. The number of methoxy groups -OCH3 is 1. The van der Waals surface area contributed by atoms with Crippen LogP contribution in [0.25, 0.3) is 0 Å². The second-order valence-electron chi connectivity index (χ2n) is 2.88. The molecule has 0 fully saturated rings. The standard InChI is InChI=1S/C10H14FNO/c1-8-7-9(3-4-10(8)11)12-5-6-13-2/h3-4,7,12H,5-6H2,1-2H3. The molecule has 3 heteroatoms. The van der Waals surface area contributed by atoms with Crippen LogP contribution in [0.1, 0.15) is 5.56 Å². The Kier molecular flexibility index (Phi) is 3.71. The molecule has 0 bridgehead atoms. The quantitative estimate of drug-likeness (QED) is 0.722. The molecule has 0 saturated heterocycles. The van der Waals surface area contributed by atoms with Crippen molar-refractivity contribution in [3.05, 3.63) is 29.6 Å². The van der Waals surface area contributed by atoms with Crippen molar-refractivity contribution in [3.63, 3.8) is 0 Å². The Balaban J connectivity index is 2.53. The lowest BCUT2D eigenvalue weighted by atomic mass is 10.2. The van der Waals surface area contributed by atoms with Crippen LogP contribution >= 0.6 is 0 Å². The number of nitrogens with one attached hydrogen (secondary N) is 1. The smallest absolute Gasteiger partial charge is 0.126 e. The first-order chi connectivity index (χ1) is 6.24. The highest BCUT2D eigenvalue weighted by Gasteiger charge is 1.97. The van der Waals surface area contributed by atoms with E-state index in [1.54, 1.807) is 26.2 Å². The van der Waals surface area contributed by atoms with E-state index in [4.69, 9.17) is 4.74 Å². The number of hydrogen-bond donors (Lipinski definition) is 1. The average molecular weight is 183 g/mol. The molecule has 0 aliphatic heterocycles. The molecule has 0 aliphatic carbocycles. The summed E-state index contributed by atoms with van der Waals surface area (Å²) in [7, 11) is 1.65. The van der Waals surface area contributed by atoms with E-state index < -0.39 is 0 Å². The van der Waals surface area contributed by atoms with Gasteiger partial charge in [-0.25, -0.2) is 4.39 Å². The number of halogens is 1. The molecule has 1 aromatic carbocycles. The molecule has 0 unspecified atom stereocenters. The Hall–Kier alpha value is -1.09. The van der Waals surface area contributed by atoms with Gasteiger partial charge in [-0.05, 0) is 30.7 Å². The molecule has 0 atom stereocenters. The Morgan fingerprint density at radius 2 is 2.23 bits per heavy atom. The maximum absolute atomic E-state index is 12.8. The summed E-state index contributed by atoms with van der Waals surface area (Å²) in [6.07, 6.45) is 0. The van der Waals surface area contributed by atoms with Crippen molar-refractivity contribution < 1.29 is 9.13 Å². The third kappa shape index (κ3) is 3.03. The van der Waals surface area contributed by atoms with Gasteiger partial charge in [-0.15, -0.1) is 0 Å². The van der Waals surface area contributed by atoms with Gasteiger partial charge in [0.2, 0.25) is 0 Å². The first-order valence-corrected chi connectivity index (χ1v) is 4.23. The van der Waals surface area contributed by atoms with Gasteiger partial charge < -0.3 is 10.1 Å². The number of aryl methyl sites for hydroxylation is 1.